The van der Waals surface area contributed by atoms with E-state index in [9.17, 15) is 4.79 Å². The van der Waals surface area contributed by atoms with Gasteiger partial charge in [-0.25, -0.2) is 0 Å². The summed E-state index contributed by atoms with van der Waals surface area (Å²) in [5, 5.41) is 4.38. The summed E-state index contributed by atoms with van der Waals surface area (Å²) in [5.74, 6) is 1.09. The minimum absolute atomic E-state index is 0.379. The van der Waals surface area contributed by atoms with Crippen LogP contribution >= 0.6 is 15.9 Å². The van der Waals surface area contributed by atoms with Crippen LogP contribution in [0.5, 0.6) is 11.5 Å². The van der Waals surface area contributed by atoms with E-state index in [2.05, 4.69) is 21.0 Å². The van der Waals surface area contributed by atoms with Gasteiger partial charge in [0.15, 0.2) is 11.5 Å². The first-order valence-electron chi connectivity index (χ1n) is 6.57. The van der Waals surface area contributed by atoms with Gasteiger partial charge in [0.2, 0.25) is 0 Å². The van der Waals surface area contributed by atoms with Gasteiger partial charge in [-0.2, -0.15) is 5.10 Å². The summed E-state index contributed by atoms with van der Waals surface area (Å²) >= 11 is 3.41. The molecule has 1 aromatic carbocycles. The first-order valence-corrected chi connectivity index (χ1v) is 7.37. The Balaban J connectivity index is 2.25. The van der Waals surface area contributed by atoms with E-state index in [4.69, 9.17) is 9.47 Å². The molecule has 0 bridgehead atoms. The molecular weight excluding hydrogens is 336 g/mol. The Bertz CT molecular complexity index is 653. The van der Waals surface area contributed by atoms with Crippen LogP contribution < -0.4 is 9.47 Å². The highest BCUT2D eigenvalue weighted by molar-refractivity contribution is 9.10. The summed E-state index contributed by atoms with van der Waals surface area (Å²) in [6.07, 6.45) is 0.770. The fourth-order valence-electron chi connectivity index (χ4n) is 2.08. The minimum Gasteiger partial charge on any atom is -0.493 e. The number of methoxy groups -OCH3 is 1. The van der Waals surface area contributed by atoms with Crippen molar-refractivity contribution in [3.05, 3.63) is 39.6 Å². The molecule has 0 aliphatic heterocycles. The molecule has 0 saturated heterocycles. The Labute approximate surface area is 132 Å². The first-order chi connectivity index (χ1) is 10.1. The summed E-state index contributed by atoms with van der Waals surface area (Å²) in [5.41, 5.74) is 2.47. The fraction of sp³-hybridized carbons (Fsp3) is 0.333. The molecule has 5 nitrogen and oxygen atoms in total. The van der Waals surface area contributed by atoms with Gasteiger partial charge in [0.05, 0.1) is 23.0 Å². The summed E-state index contributed by atoms with van der Waals surface area (Å²) in [6, 6.07) is 5.34. The van der Waals surface area contributed by atoms with Crippen LogP contribution in [0.1, 0.15) is 28.7 Å². The molecule has 1 aromatic heterocycles. The summed E-state index contributed by atoms with van der Waals surface area (Å²) in [6.45, 7) is 5.15. The van der Waals surface area contributed by atoms with Gasteiger partial charge in [0.1, 0.15) is 12.9 Å². The van der Waals surface area contributed by atoms with Crippen LogP contribution in [0.3, 0.4) is 0 Å². The van der Waals surface area contributed by atoms with Crippen molar-refractivity contribution in [2.45, 2.75) is 27.0 Å². The second kappa shape index (κ2) is 6.76. The third-order valence-electron chi connectivity index (χ3n) is 3.04. The normalized spacial score (nSPS) is 10.5. The lowest BCUT2D eigenvalue weighted by molar-refractivity contribution is 0.112. The smallest absolute Gasteiger partial charge is 0.175 e. The average Bonchev–Trinajstić information content (AvgIpc) is 2.85. The lowest BCUT2D eigenvalue weighted by atomic mass is 10.2. The molecule has 0 atom stereocenters. The van der Waals surface area contributed by atoms with Crippen LogP contribution in [0.4, 0.5) is 0 Å². The van der Waals surface area contributed by atoms with E-state index in [1.165, 1.54) is 0 Å². The molecule has 0 fully saturated rings. The number of nitrogens with zero attached hydrogens (tertiary/aromatic N) is 2. The second-order valence-corrected chi connectivity index (χ2v) is 5.39. The monoisotopic (exact) mass is 352 g/mol. The second-order valence-electron chi connectivity index (χ2n) is 4.53. The van der Waals surface area contributed by atoms with Crippen LogP contribution in [-0.2, 0) is 13.2 Å². The number of carbonyl (C=O) groups is 1. The fourth-order valence-corrected chi connectivity index (χ4v) is 2.66. The van der Waals surface area contributed by atoms with Crippen LogP contribution in [0.25, 0.3) is 0 Å². The topological polar surface area (TPSA) is 53.4 Å². The summed E-state index contributed by atoms with van der Waals surface area (Å²) in [4.78, 5) is 10.9. The van der Waals surface area contributed by atoms with Gasteiger partial charge < -0.3 is 9.47 Å². The van der Waals surface area contributed by atoms with Crippen molar-refractivity contribution >= 4 is 22.2 Å². The molecule has 21 heavy (non-hydrogen) atoms. The van der Waals surface area contributed by atoms with E-state index in [1.54, 1.807) is 19.2 Å². The number of aryl methyl sites for hydroxylation is 2. The molecule has 0 amide bonds. The predicted octanol–water partition coefficient (Wildman–Crippen LogP) is 3.37. The molecule has 0 aliphatic carbocycles. The number of ether oxygens (including phenoxy) is 2. The number of halogens is 1. The number of aldehydes is 1. The molecule has 1 heterocycles. The van der Waals surface area contributed by atoms with Crippen LogP contribution in [0.15, 0.2) is 22.7 Å². The molecule has 0 saturated carbocycles. The third kappa shape index (κ3) is 3.44. The Morgan fingerprint density at radius 2 is 2.14 bits per heavy atom. The maximum Gasteiger partial charge on any atom is 0.175 e. The Morgan fingerprint density at radius 1 is 1.38 bits per heavy atom. The number of aromatic nitrogens is 2. The minimum atomic E-state index is 0.379. The largest absolute Gasteiger partial charge is 0.493 e. The van der Waals surface area contributed by atoms with Crippen LogP contribution in [0, 0.1) is 6.92 Å². The van der Waals surface area contributed by atoms with Crippen molar-refractivity contribution in [1.29, 1.82) is 0 Å². The summed E-state index contributed by atoms with van der Waals surface area (Å²) < 4.78 is 13.7. The van der Waals surface area contributed by atoms with Crippen molar-refractivity contribution in [2.75, 3.05) is 7.11 Å². The molecule has 2 rings (SSSR count). The van der Waals surface area contributed by atoms with Crippen molar-refractivity contribution in [3.8, 4) is 11.5 Å². The zero-order valence-corrected chi connectivity index (χ0v) is 13.8. The maximum atomic E-state index is 10.9. The van der Waals surface area contributed by atoms with E-state index >= 15 is 0 Å². The van der Waals surface area contributed by atoms with Gasteiger partial charge in [0, 0.05) is 12.1 Å². The standard InChI is InChI=1S/C15H17BrN2O3/c1-4-18-12(5-10(2)17-18)9-21-15-13(16)6-11(8-19)7-14(15)20-3/h5-8H,4,9H2,1-3H3. The van der Waals surface area contributed by atoms with E-state index in [-0.39, 0.29) is 0 Å². The number of carbonyl (C=O) groups excluding carboxylic acids is 1. The van der Waals surface area contributed by atoms with E-state index in [0.717, 1.165) is 24.2 Å². The van der Waals surface area contributed by atoms with Crippen molar-refractivity contribution in [3.63, 3.8) is 0 Å². The number of rotatable bonds is 6. The zero-order chi connectivity index (χ0) is 15.4. The van der Waals surface area contributed by atoms with Crippen molar-refractivity contribution < 1.29 is 14.3 Å². The molecule has 112 valence electrons. The van der Waals surface area contributed by atoms with Gasteiger partial charge in [-0.3, -0.25) is 9.48 Å². The predicted molar refractivity (Wildman–Crippen MR) is 83.1 cm³/mol. The highest BCUT2D eigenvalue weighted by atomic mass is 79.9. The lowest BCUT2D eigenvalue weighted by Gasteiger charge is -2.13. The number of benzene rings is 1. The first kappa shape index (κ1) is 15.6. The lowest BCUT2D eigenvalue weighted by Crippen LogP contribution is -2.07. The van der Waals surface area contributed by atoms with E-state index in [1.807, 2.05) is 24.6 Å². The van der Waals surface area contributed by atoms with Gasteiger partial charge >= 0.3 is 0 Å². The van der Waals surface area contributed by atoms with E-state index in [0.29, 0.717) is 28.1 Å². The van der Waals surface area contributed by atoms with Crippen molar-refractivity contribution in [2.24, 2.45) is 0 Å². The molecule has 0 radical (unpaired) electrons. The highest BCUT2D eigenvalue weighted by Gasteiger charge is 2.13. The number of hydrogen-bond acceptors (Lipinski definition) is 4. The molecule has 2 aromatic rings. The van der Waals surface area contributed by atoms with Crippen LogP contribution in [0.2, 0.25) is 0 Å². The molecule has 0 aliphatic rings. The third-order valence-corrected chi connectivity index (χ3v) is 3.63. The summed E-state index contributed by atoms with van der Waals surface area (Å²) in [7, 11) is 1.55. The molecule has 0 N–H and O–H groups in total. The highest BCUT2D eigenvalue weighted by Crippen LogP contribution is 2.36. The maximum absolute atomic E-state index is 10.9. The Morgan fingerprint density at radius 3 is 2.76 bits per heavy atom. The Kier molecular flexibility index (Phi) is 5.01. The van der Waals surface area contributed by atoms with Gasteiger partial charge in [-0.1, -0.05) is 0 Å². The van der Waals surface area contributed by atoms with Gasteiger partial charge in [-0.05, 0) is 48.0 Å². The molecular formula is C15H17BrN2O3. The quantitative estimate of drug-likeness (QED) is 0.748. The van der Waals surface area contributed by atoms with Gasteiger partial charge in [-0.15, -0.1) is 0 Å². The SMILES string of the molecule is CCn1nc(C)cc1COc1c(Br)cc(C=O)cc1OC. The average molecular weight is 353 g/mol. The zero-order valence-electron chi connectivity index (χ0n) is 12.2. The van der Waals surface area contributed by atoms with E-state index < -0.39 is 0 Å². The molecule has 0 spiro atoms. The Hall–Kier alpha value is -1.82. The van der Waals surface area contributed by atoms with Crippen molar-refractivity contribution in [1.82, 2.24) is 9.78 Å². The molecule has 0 unspecified atom stereocenters. The number of hydrogen-bond donors (Lipinski definition) is 0. The van der Waals surface area contributed by atoms with Crippen LogP contribution in [-0.4, -0.2) is 23.2 Å². The van der Waals surface area contributed by atoms with Gasteiger partial charge in [0.25, 0.3) is 0 Å². The molecule has 6 heteroatoms.